The molecule has 3 nitrogen and oxygen atoms in total. The Kier molecular flexibility index (Phi) is 8.28. The standard InChI is InChI=1S/C12H22O3/c1-10(2)8-14-7-5-6-12(13)15-9-11(3)4/h12-13H,1,3,5-9H2,2,4H3. The molecule has 1 N–H and O–H groups in total. The van der Waals surface area contributed by atoms with Gasteiger partial charge >= 0.3 is 0 Å². The molecule has 0 rings (SSSR count). The second-order valence-corrected chi connectivity index (χ2v) is 3.87. The van der Waals surface area contributed by atoms with Crippen molar-refractivity contribution in [3.05, 3.63) is 24.3 Å². The van der Waals surface area contributed by atoms with Crippen molar-refractivity contribution in [3.63, 3.8) is 0 Å². The molecule has 0 aliphatic heterocycles. The van der Waals surface area contributed by atoms with Crippen molar-refractivity contribution < 1.29 is 14.6 Å². The normalized spacial score (nSPS) is 12.5. The van der Waals surface area contributed by atoms with Gasteiger partial charge in [-0.2, -0.15) is 0 Å². The average molecular weight is 214 g/mol. The van der Waals surface area contributed by atoms with E-state index in [-0.39, 0.29) is 0 Å². The molecule has 0 aromatic heterocycles. The first-order chi connectivity index (χ1) is 7.02. The molecule has 0 aromatic rings. The number of aliphatic hydroxyl groups excluding tert-OH is 1. The number of ether oxygens (including phenoxy) is 2. The first-order valence-corrected chi connectivity index (χ1v) is 5.18. The molecule has 0 aromatic carbocycles. The van der Waals surface area contributed by atoms with E-state index in [1.165, 1.54) is 0 Å². The SMILES string of the molecule is C=C(C)COCCCC(O)OCC(=C)C. The molecule has 1 atom stereocenters. The first kappa shape index (κ1) is 14.4. The summed E-state index contributed by atoms with van der Waals surface area (Å²) in [5.41, 5.74) is 1.92. The van der Waals surface area contributed by atoms with E-state index >= 15 is 0 Å². The quantitative estimate of drug-likeness (QED) is 0.363. The van der Waals surface area contributed by atoms with Gasteiger partial charge in [-0.3, -0.25) is 0 Å². The highest BCUT2D eigenvalue weighted by Crippen LogP contribution is 2.02. The second-order valence-electron chi connectivity index (χ2n) is 3.87. The van der Waals surface area contributed by atoms with E-state index in [0.29, 0.717) is 26.2 Å². The van der Waals surface area contributed by atoms with Gasteiger partial charge < -0.3 is 14.6 Å². The second kappa shape index (κ2) is 8.65. The summed E-state index contributed by atoms with van der Waals surface area (Å²) in [6.07, 6.45) is 0.656. The average Bonchev–Trinajstić information content (AvgIpc) is 2.13. The first-order valence-electron chi connectivity index (χ1n) is 5.18. The van der Waals surface area contributed by atoms with Gasteiger partial charge in [0.2, 0.25) is 0 Å². The van der Waals surface area contributed by atoms with Gasteiger partial charge in [-0.05, 0) is 20.3 Å². The molecular formula is C12H22O3. The summed E-state index contributed by atoms with van der Waals surface area (Å²) in [5.74, 6) is 0. The largest absolute Gasteiger partial charge is 0.377 e. The zero-order valence-electron chi connectivity index (χ0n) is 9.79. The van der Waals surface area contributed by atoms with Crippen molar-refractivity contribution in [1.82, 2.24) is 0 Å². The van der Waals surface area contributed by atoms with Gasteiger partial charge in [-0.25, -0.2) is 0 Å². The molecule has 0 saturated heterocycles. The lowest BCUT2D eigenvalue weighted by Gasteiger charge is -2.11. The van der Waals surface area contributed by atoms with Crippen LogP contribution in [0.25, 0.3) is 0 Å². The van der Waals surface area contributed by atoms with Crippen molar-refractivity contribution in [1.29, 1.82) is 0 Å². The van der Waals surface area contributed by atoms with Gasteiger partial charge in [0.05, 0.1) is 13.2 Å². The third kappa shape index (κ3) is 11.3. The van der Waals surface area contributed by atoms with E-state index < -0.39 is 6.29 Å². The van der Waals surface area contributed by atoms with Crippen LogP contribution in [0.5, 0.6) is 0 Å². The van der Waals surface area contributed by atoms with Crippen molar-refractivity contribution in [2.24, 2.45) is 0 Å². The monoisotopic (exact) mass is 214 g/mol. The zero-order valence-corrected chi connectivity index (χ0v) is 9.79. The van der Waals surface area contributed by atoms with E-state index in [9.17, 15) is 5.11 Å². The number of hydrogen-bond acceptors (Lipinski definition) is 3. The number of hydrogen-bond donors (Lipinski definition) is 1. The summed E-state index contributed by atoms with van der Waals surface area (Å²) in [5, 5.41) is 9.37. The van der Waals surface area contributed by atoms with Crippen LogP contribution in [0.1, 0.15) is 26.7 Å². The number of rotatable bonds is 9. The highest BCUT2D eigenvalue weighted by molar-refractivity contribution is 4.87. The summed E-state index contributed by atoms with van der Waals surface area (Å²) in [6.45, 7) is 12.8. The van der Waals surface area contributed by atoms with E-state index in [2.05, 4.69) is 13.2 Å². The summed E-state index contributed by atoms with van der Waals surface area (Å²) < 4.78 is 10.4. The highest BCUT2D eigenvalue weighted by Gasteiger charge is 2.03. The van der Waals surface area contributed by atoms with Crippen LogP contribution >= 0.6 is 0 Å². The predicted octanol–water partition coefficient (Wildman–Crippen LogP) is 2.27. The van der Waals surface area contributed by atoms with Gasteiger partial charge in [-0.1, -0.05) is 24.3 Å². The smallest absolute Gasteiger partial charge is 0.155 e. The molecule has 0 aliphatic carbocycles. The van der Waals surface area contributed by atoms with Gasteiger partial charge in [0.1, 0.15) is 0 Å². The maximum Gasteiger partial charge on any atom is 0.155 e. The van der Waals surface area contributed by atoms with Crippen molar-refractivity contribution >= 4 is 0 Å². The van der Waals surface area contributed by atoms with Crippen LogP contribution in [-0.2, 0) is 9.47 Å². The Morgan fingerprint density at radius 3 is 2.33 bits per heavy atom. The van der Waals surface area contributed by atoms with E-state index in [1.807, 2.05) is 13.8 Å². The molecule has 3 heteroatoms. The van der Waals surface area contributed by atoms with Gasteiger partial charge in [-0.15, -0.1) is 0 Å². The fourth-order valence-corrected chi connectivity index (χ4v) is 0.928. The molecule has 0 radical (unpaired) electrons. The zero-order chi connectivity index (χ0) is 11.7. The van der Waals surface area contributed by atoms with Crippen LogP contribution in [0, 0.1) is 0 Å². The summed E-state index contributed by atoms with van der Waals surface area (Å²) in [7, 11) is 0. The Balaban J connectivity index is 3.27. The third-order valence-electron chi connectivity index (χ3n) is 1.61. The molecule has 15 heavy (non-hydrogen) atoms. The predicted molar refractivity (Wildman–Crippen MR) is 61.6 cm³/mol. The van der Waals surface area contributed by atoms with Crippen LogP contribution in [-0.4, -0.2) is 31.2 Å². The van der Waals surface area contributed by atoms with Crippen molar-refractivity contribution in [2.45, 2.75) is 33.0 Å². The van der Waals surface area contributed by atoms with Gasteiger partial charge in [0, 0.05) is 13.0 Å². The maximum absolute atomic E-state index is 9.37. The van der Waals surface area contributed by atoms with Crippen LogP contribution in [0.2, 0.25) is 0 Å². The van der Waals surface area contributed by atoms with Crippen LogP contribution in [0.15, 0.2) is 24.3 Å². The van der Waals surface area contributed by atoms with Crippen molar-refractivity contribution in [2.75, 3.05) is 19.8 Å². The molecule has 0 aliphatic rings. The molecule has 0 saturated carbocycles. The minimum absolute atomic E-state index is 0.411. The summed E-state index contributed by atoms with van der Waals surface area (Å²) >= 11 is 0. The van der Waals surface area contributed by atoms with Crippen LogP contribution in [0.3, 0.4) is 0 Å². The molecule has 0 amide bonds. The molecular weight excluding hydrogens is 192 g/mol. The minimum Gasteiger partial charge on any atom is -0.377 e. The van der Waals surface area contributed by atoms with E-state index in [0.717, 1.165) is 17.6 Å². The Hall–Kier alpha value is -0.640. The Morgan fingerprint density at radius 1 is 1.20 bits per heavy atom. The third-order valence-corrected chi connectivity index (χ3v) is 1.61. The molecule has 0 spiro atoms. The van der Waals surface area contributed by atoms with Crippen LogP contribution in [0.4, 0.5) is 0 Å². The molecule has 0 heterocycles. The fraction of sp³-hybridized carbons (Fsp3) is 0.667. The summed E-state index contributed by atoms with van der Waals surface area (Å²) in [4.78, 5) is 0. The molecule has 88 valence electrons. The van der Waals surface area contributed by atoms with Gasteiger partial charge in [0.25, 0.3) is 0 Å². The van der Waals surface area contributed by atoms with E-state index in [1.54, 1.807) is 0 Å². The Morgan fingerprint density at radius 2 is 1.80 bits per heavy atom. The summed E-state index contributed by atoms with van der Waals surface area (Å²) in [6, 6.07) is 0. The lowest BCUT2D eigenvalue weighted by atomic mass is 10.3. The van der Waals surface area contributed by atoms with Crippen LogP contribution < -0.4 is 0 Å². The topological polar surface area (TPSA) is 38.7 Å². The molecule has 0 fully saturated rings. The maximum atomic E-state index is 9.37. The fourth-order valence-electron chi connectivity index (χ4n) is 0.928. The number of aliphatic hydroxyl groups is 1. The van der Waals surface area contributed by atoms with Gasteiger partial charge in [0.15, 0.2) is 6.29 Å². The molecule has 0 bridgehead atoms. The van der Waals surface area contributed by atoms with E-state index in [4.69, 9.17) is 9.47 Å². The molecule has 1 unspecified atom stereocenters. The Labute approximate surface area is 92.4 Å². The lowest BCUT2D eigenvalue weighted by Crippen LogP contribution is -2.14. The minimum atomic E-state index is -0.713. The Bertz CT molecular complexity index is 199. The highest BCUT2D eigenvalue weighted by atomic mass is 16.6. The lowest BCUT2D eigenvalue weighted by molar-refractivity contribution is -0.0978. The van der Waals surface area contributed by atoms with Crippen molar-refractivity contribution in [3.8, 4) is 0 Å².